The van der Waals surface area contributed by atoms with Crippen molar-refractivity contribution in [3.63, 3.8) is 0 Å². The van der Waals surface area contributed by atoms with Gasteiger partial charge < -0.3 is 5.32 Å². The van der Waals surface area contributed by atoms with Gasteiger partial charge in [-0.25, -0.2) is 9.97 Å². The number of hydrogen-bond acceptors (Lipinski definition) is 5. The van der Waals surface area contributed by atoms with E-state index < -0.39 is 0 Å². The fraction of sp³-hybridized carbons (Fsp3) is 0.429. The minimum absolute atomic E-state index is 0.230. The quantitative estimate of drug-likeness (QED) is 0.655. The Bertz CT molecular complexity index is 653. The highest BCUT2D eigenvalue weighted by molar-refractivity contribution is 7.98. The summed E-state index contributed by atoms with van der Waals surface area (Å²) in [4.78, 5) is 21.0. The van der Waals surface area contributed by atoms with E-state index in [1.165, 1.54) is 11.8 Å². The molecule has 0 radical (unpaired) electrons. The topological polar surface area (TPSA) is 83.6 Å². The molecule has 0 unspecified atom stereocenters. The molecular weight excluding hydrogens is 286 g/mol. The molecule has 0 aliphatic carbocycles. The average molecular weight is 305 g/mol. The molecule has 0 saturated heterocycles. The van der Waals surface area contributed by atoms with E-state index in [0.717, 1.165) is 18.5 Å². The van der Waals surface area contributed by atoms with Crippen LogP contribution in [0.1, 0.15) is 40.9 Å². The largest absolute Gasteiger partial charge is 0.305 e. The molecule has 2 aromatic rings. The first-order chi connectivity index (χ1) is 10.0. The summed E-state index contributed by atoms with van der Waals surface area (Å²) in [5.41, 5.74) is 2.19. The van der Waals surface area contributed by atoms with Crippen molar-refractivity contribution in [1.29, 1.82) is 0 Å². The summed E-state index contributed by atoms with van der Waals surface area (Å²) in [6, 6.07) is 1.85. The molecule has 1 amide bonds. The Balaban J connectivity index is 2.23. The molecule has 0 saturated carbocycles. The van der Waals surface area contributed by atoms with Gasteiger partial charge >= 0.3 is 0 Å². The fourth-order valence-corrected chi connectivity index (χ4v) is 2.76. The van der Waals surface area contributed by atoms with E-state index in [1.807, 2.05) is 26.2 Å². The van der Waals surface area contributed by atoms with Crippen molar-refractivity contribution in [1.82, 2.24) is 20.2 Å². The molecule has 6 nitrogen and oxygen atoms in total. The molecular formula is C14H19N5OS. The smallest absolute Gasteiger partial charge is 0.261 e. The Labute approximate surface area is 128 Å². The summed E-state index contributed by atoms with van der Waals surface area (Å²) in [6.45, 7) is 5.73. The SMILES string of the molecule is CCCc1cc(NC(=O)c2c(C)nc(C)nc2SC)n[nH]1. The highest BCUT2D eigenvalue weighted by Crippen LogP contribution is 2.21. The molecule has 7 heteroatoms. The van der Waals surface area contributed by atoms with Crippen LogP contribution in [0.4, 0.5) is 5.82 Å². The van der Waals surface area contributed by atoms with Gasteiger partial charge in [0, 0.05) is 11.8 Å². The molecule has 2 aromatic heterocycles. The van der Waals surface area contributed by atoms with E-state index in [9.17, 15) is 4.79 Å². The van der Waals surface area contributed by atoms with Gasteiger partial charge in [-0.05, 0) is 26.5 Å². The summed E-state index contributed by atoms with van der Waals surface area (Å²) in [7, 11) is 0. The van der Waals surface area contributed by atoms with Gasteiger partial charge in [0.2, 0.25) is 0 Å². The molecule has 0 aliphatic heterocycles. The first kappa shape index (κ1) is 15.5. The van der Waals surface area contributed by atoms with E-state index in [2.05, 4.69) is 32.4 Å². The lowest BCUT2D eigenvalue weighted by Gasteiger charge is -2.09. The zero-order valence-electron chi connectivity index (χ0n) is 12.6. The lowest BCUT2D eigenvalue weighted by atomic mass is 10.2. The number of hydrogen-bond donors (Lipinski definition) is 2. The molecule has 0 aromatic carbocycles. The number of aromatic nitrogens is 4. The second-order valence-electron chi connectivity index (χ2n) is 4.72. The van der Waals surface area contributed by atoms with Crippen molar-refractivity contribution in [3.05, 3.63) is 28.8 Å². The number of carbonyl (C=O) groups excluding carboxylic acids is 1. The second kappa shape index (κ2) is 6.71. The Morgan fingerprint density at radius 1 is 1.38 bits per heavy atom. The first-order valence-corrected chi connectivity index (χ1v) is 8.02. The van der Waals surface area contributed by atoms with Gasteiger partial charge in [0.05, 0.1) is 11.3 Å². The highest BCUT2D eigenvalue weighted by atomic mass is 32.2. The van der Waals surface area contributed by atoms with E-state index in [0.29, 0.717) is 27.9 Å². The van der Waals surface area contributed by atoms with Crippen LogP contribution in [0.5, 0.6) is 0 Å². The number of carbonyl (C=O) groups is 1. The van der Waals surface area contributed by atoms with Gasteiger partial charge in [0.15, 0.2) is 5.82 Å². The number of H-pyrrole nitrogens is 1. The molecule has 2 rings (SSSR count). The highest BCUT2D eigenvalue weighted by Gasteiger charge is 2.18. The van der Waals surface area contributed by atoms with E-state index in [-0.39, 0.29) is 5.91 Å². The van der Waals surface area contributed by atoms with Gasteiger partial charge in [-0.2, -0.15) is 5.10 Å². The van der Waals surface area contributed by atoms with Crippen LogP contribution >= 0.6 is 11.8 Å². The lowest BCUT2D eigenvalue weighted by molar-refractivity contribution is 0.102. The van der Waals surface area contributed by atoms with Crippen LogP contribution in [-0.2, 0) is 6.42 Å². The van der Waals surface area contributed by atoms with Crippen LogP contribution in [0.25, 0.3) is 0 Å². The lowest BCUT2D eigenvalue weighted by Crippen LogP contribution is -2.17. The summed E-state index contributed by atoms with van der Waals surface area (Å²) in [6.07, 6.45) is 3.83. The third-order valence-corrected chi connectivity index (χ3v) is 3.66. The number of nitrogens with zero attached hydrogens (tertiary/aromatic N) is 3. The number of thioether (sulfide) groups is 1. The average Bonchev–Trinajstić information content (AvgIpc) is 2.85. The van der Waals surface area contributed by atoms with Crippen molar-refractivity contribution in [2.24, 2.45) is 0 Å². The zero-order valence-corrected chi connectivity index (χ0v) is 13.5. The monoisotopic (exact) mass is 305 g/mol. The van der Waals surface area contributed by atoms with Gasteiger partial charge in [0.1, 0.15) is 10.9 Å². The molecule has 112 valence electrons. The van der Waals surface area contributed by atoms with Crippen LogP contribution in [0.15, 0.2) is 11.1 Å². The van der Waals surface area contributed by atoms with Crippen LogP contribution in [0, 0.1) is 13.8 Å². The van der Waals surface area contributed by atoms with Gasteiger partial charge in [-0.15, -0.1) is 11.8 Å². The third kappa shape index (κ3) is 3.60. The Morgan fingerprint density at radius 2 is 2.14 bits per heavy atom. The number of rotatable bonds is 5. The molecule has 2 N–H and O–H groups in total. The van der Waals surface area contributed by atoms with Gasteiger partial charge in [-0.3, -0.25) is 9.89 Å². The summed E-state index contributed by atoms with van der Waals surface area (Å²) in [5, 5.41) is 10.5. The summed E-state index contributed by atoms with van der Waals surface area (Å²) in [5.74, 6) is 0.959. The number of aromatic amines is 1. The standard InChI is InChI=1S/C14H19N5OS/c1-5-6-10-7-11(19-18-10)17-13(20)12-8(2)15-9(3)16-14(12)21-4/h7H,5-6H2,1-4H3,(H2,17,18,19,20). The van der Waals surface area contributed by atoms with Crippen molar-refractivity contribution in [3.8, 4) is 0 Å². The Hall–Kier alpha value is -1.89. The Morgan fingerprint density at radius 3 is 2.81 bits per heavy atom. The number of nitrogens with one attached hydrogen (secondary N) is 2. The van der Waals surface area contributed by atoms with E-state index in [4.69, 9.17) is 0 Å². The predicted molar refractivity (Wildman–Crippen MR) is 83.8 cm³/mol. The molecule has 21 heavy (non-hydrogen) atoms. The summed E-state index contributed by atoms with van der Waals surface area (Å²) >= 11 is 1.44. The van der Waals surface area contributed by atoms with Crippen LogP contribution in [0.2, 0.25) is 0 Å². The maximum atomic E-state index is 12.4. The number of amides is 1. The van der Waals surface area contributed by atoms with E-state index in [1.54, 1.807) is 0 Å². The first-order valence-electron chi connectivity index (χ1n) is 6.80. The number of anilines is 1. The number of aryl methyl sites for hydroxylation is 3. The van der Waals surface area contributed by atoms with Gasteiger partial charge in [-0.1, -0.05) is 13.3 Å². The third-order valence-electron chi connectivity index (χ3n) is 2.98. The molecule has 0 atom stereocenters. The van der Waals surface area contributed by atoms with Gasteiger partial charge in [0.25, 0.3) is 5.91 Å². The maximum Gasteiger partial charge on any atom is 0.261 e. The normalized spacial score (nSPS) is 10.7. The maximum absolute atomic E-state index is 12.4. The molecule has 0 spiro atoms. The van der Waals surface area contributed by atoms with Crippen LogP contribution in [0.3, 0.4) is 0 Å². The minimum Gasteiger partial charge on any atom is -0.305 e. The molecule has 0 bridgehead atoms. The fourth-order valence-electron chi connectivity index (χ4n) is 2.09. The minimum atomic E-state index is -0.230. The second-order valence-corrected chi connectivity index (χ2v) is 5.52. The molecule has 0 aliphatic rings. The van der Waals surface area contributed by atoms with Crippen molar-refractivity contribution in [2.45, 2.75) is 38.6 Å². The zero-order chi connectivity index (χ0) is 15.4. The summed E-state index contributed by atoms with van der Waals surface area (Å²) < 4.78 is 0. The van der Waals surface area contributed by atoms with Crippen molar-refractivity contribution in [2.75, 3.05) is 11.6 Å². The van der Waals surface area contributed by atoms with Crippen molar-refractivity contribution < 1.29 is 4.79 Å². The molecule has 2 heterocycles. The van der Waals surface area contributed by atoms with Crippen LogP contribution < -0.4 is 5.32 Å². The van der Waals surface area contributed by atoms with E-state index >= 15 is 0 Å². The Kier molecular flexibility index (Phi) is 4.95. The van der Waals surface area contributed by atoms with Crippen LogP contribution in [-0.4, -0.2) is 32.3 Å². The van der Waals surface area contributed by atoms with Crippen molar-refractivity contribution >= 4 is 23.5 Å². The predicted octanol–water partition coefficient (Wildman–Crippen LogP) is 2.74. The molecule has 0 fully saturated rings.